The molecule has 2 aromatic carbocycles. The first kappa shape index (κ1) is 18.7. The van der Waals surface area contributed by atoms with E-state index < -0.39 is 0 Å². The van der Waals surface area contributed by atoms with Crippen LogP contribution in [0, 0.1) is 0 Å². The summed E-state index contributed by atoms with van der Waals surface area (Å²) in [6.07, 6.45) is 3.33. The lowest BCUT2D eigenvalue weighted by atomic mass is 9.94. The van der Waals surface area contributed by atoms with E-state index in [2.05, 4.69) is 91.0 Å². The largest absolute Gasteiger partial charge is 0.364 e. The van der Waals surface area contributed by atoms with Gasteiger partial charge in [0.05, 0.1) is 11.7 Å². The number of benzene rings is 2. The summed E-state index contributed by atoms with van der Waals surface area (Å²) < 4.78 is 2.15. The van der Waals surface area contributed by atoms with Crippen LogP contribution >= 0.6 is 0 Å². The first-order chi connectivity index (χ1) is 13.7. The smallest absolute Gasteiger partial charge is 0.123 e. The van der Waals surface area contributed by atoms with Crippen LogP contribution in [0.15, 0.2) is 48.5 Å². The average Bonchev–Trinajstić information content (AvgIpc) is 3.15. The summed E-state index contributed by atoms with van der Waals surface area (Å²) in [4.78, 5) is 2.52. The molecule has 0 spiro atoms. The van der Waals surface area contributed by atoms with Gasteiger partial charge in [0.25, 0.3) is 0 Å². The third-order valence-electron chi connectivity index (χ3n) is 6.02. The van der Waals surface area contributed by atoms with Crippen molar-refractivity contribution in [2.24, 2.45) is 0 Å². The minimum absolute atomic E-state index is 0.326. The Labute approximate surface area is 168 Å². The SMILES string of the molecule is CCCC(C)n1nnc2c1-c1ccccc1CN(C(C)CC)c1ccccc1-2. The second-order valence-corrected chi connectivity index (χ2v) is 7.93. The fourth-order valence-corrected chi connectivity index (χ4v) is 4.27. The van der Waals surface area contributed by atoms with E-state index in [1.165, 1.54) is 22.4 Å². The Balaban J connectivity index is 2.01. The molecule has 146 valence electrons. The Kier molecular flexibility index (Phi) is 5.21. The van der Waals surface area contributed by atoms with Gasteiger partial charge in [0.1, 0.15) is 5.69 Å². The van der Waals surface area contributed by atoms with Crippen LogP contribution in [0.5, 0.6) is 0 Å². The molecule has 2 atom stereocenters. The molecule has 1 aliphatic rings. The fraction of sp³-hybridized carbons (Fsp3) is 0.417. The molecule has 4 nitrogen and oxygen atoms in total. The molecule has 0 saturated heterocycles. The zero-order valence-electron chi connectivity index (χ0n) is 17.4. The highest BCUT2D eigenvalue weighted by Gasteiger charge is 2.28. The molecule has 2 unspecified atom stereocenters. The Bertz CT molecular complexity index is 959. The summed E-state index contributed by atoms with van der Waals surface area (Å²) in [6, 6.07) is 18.2. The molecular weight excluding hydrogens is 344 g/mol. The number of hydrogen-bond donors (Lipinski definition) is 0. The molecular formula is C24H30N4. The number of hydrogen-bond acceptors (Lipinski definition) is 3. The van der Waals surface area contributed by atoms with E-state index in [0.717, 1.165) is 37.2 Å². The van der Waals surface area contributed by atoms with E-state index >= 15 is 0 Å². The van der Waals surface area contributed by atoms with Gasteiger partial charge >= 0.3 is 0 Å². The molecule has 0 fully saturated rings. The lowest BCUT2D eigenvalue weighted by molar-refractivity contribution is 0.447. The molecule has 0 saturated carbocycles. The number of aromatic nitrogens is 3. The first-order valence-electron chi connectivity index (χ1n) is 10.5. The predicted octanol–water partition coefficient (Wildman–Crippen LogP) is 6.09. The van der Waals surface area contributed by atoms with Crippen molar-refractivity contribution in [1.29, 1.82) is 0 Å². The van der Waals surface area contributed by atoms with Gasteiger partial charge < -0.3 is 4.90 Å². The molecule has 28 heavy (non-hydrogen) atoms. The highest BCUT2D eigenvalue weighted by molar-refractivity contribution is 5.88. The molecule has 0 N–H and O–H groups in total. The third kappa shape index (κ3) is 3.11. The lowest BCUT2D eigenvalue weighted by Gasteiger charge is -2.34. The lowest BCUT2D eigenvalue weighted by Crippen LogP contribution is -2.33. The second-order valence-electron chi connectivity index (χ2n) is 7.93. The molecule has 2 heterocycles. The molecule has 0 aliphatic carbocycles. The molecule has 0 amide bonds. The van der Waals surface area contributed by atoms with Crippen LogP contribution in [0.2, 0.25) is 0 Å². The van der Waals surface area contributed by atoms with Crippen LogP contribution in [0.4, 0.5) is 5.69 Å². The van der Waals surface area contributed by atoms with Gasteiger partial charge in [-0.3, -0.25) is 0 Å². The first-order valence-corrected chi connectivity index (χ1v) is 10.5. The average molecular weight is 375 g/mol. The summed E-state index contributed by atoms with van der Waals surface area (Å²) in [5.41, 5.74) is 7.19. The standard InChI is InChI=1S/C24H30N4/c1-5-11-18(4)28-24-20-13-8-7-12-19(20)16-27(17(3)6-2)22-15-10-9-14-21(22)23(24)25-26-28/h7-10,12-15,17-18H,5-6,11,16H2,1-4H3. The topological polar surface area (TPSA) is 34.0 Å². The molecule has 0 radical (unpaired) electrons. The fourth-order valence-electron chi connectivity index (χ4n) is 4.27. The van der Waals surface area contributed by atoms with Crippen LogP contribution in [0.1, 0.15) is 58.6 Å². The zero-order chi connectivity index (χ0) is 19.7. The quantitative estimate of drug-likeness (QED) is 0.542. The second kappa shape index (κ2) is 7.78. The monoisotopic (exact) mass is 374 g/mol. The van der Waals surface area contributed by atoms with E-state index in [9.17, 15) is 0 Å². The maximum Gasteiger partial charge on any atom is 0.123 e. The van der Waals surface area contributed by atoms with Gasteiger partial charge in [0.2, 0.25) is 0 Å². The minimum atomic E-state index is 0.326. The van der Waals surface area contributed by atoms with Crippen molar-refractivity contribution < 1.29 is 0 Å². The molecule has 3 aromatic rings. The Hall–Kier alpha value is -2.62. The van der Waals surface area contributed by atoms with E-state index in [0.29, 0.717) is 12.1 Å². The highest BCUT2D eigenvalue weighted by Crippen LogP contribution is 2.42. The summed E-state index contributed by atoms with van der Waals surface area (Å²) in [5, 5.41) is 9.34. The van der Waals surface area contributed by atoms with Crippen LogP contribution in [-0.4, -0.2) is 21.0 Å². The van der Waals surface area contributed by atoms with Gasteiger partial charge in [0.15, 0.2) is 0 Å². The van der Waals surface area contributed by atoms with Crippen molar-refractivity contribution in [2.45, 2.75) is 65.6 Å². The molecule has 4 rings (SSSR count). The summed E-state index contributed by atoms with van der Waals surface area (Å²) in [7, 11) is 0. The van der Waals surface area contributed by atoms with Crippen molar-refractivity contribution in [3.8, 4) is 22.5 Å². The van der Waals surface area contributed by atoms with Gasteiger partial charge in [-0.05, 0) is 38.3 Å². The van der Waals surface area contributed by atoms with E-state index in [1.54, 1.807) is 0 Å². The van der Waals surface area contributed by atoms with E-state index in [-0.39, 0.29) is 0 Å². The minimum Gasteiger partial charge on any atom is -0.364 e. The number of para-hydroxylation sites is 1. The van der Waals surface area contributed by atoms with Crippen molar-refractivity contribution in [3.05, 3.63) is 54.1 Å². The van der Waals surface area contributed by atoms with Crippen LogP contribution < -0.4 is 4.90 Å². The van der Waals surface area contributed by atoms with Crippen molar-refractivity contribution in [2.75, 3.05) is 4.90 Å². The number of nitrogens with zero attached hydrogens (tertiary/aromatic N) is 4. The third-order valence-corrected chi connectivity index (χ3v) is 6.02. The van der Waals surface area contributed by atoms with E-state index in [4.69, 9.17) is 5.10 Å². The molecule has 1 aliphatic heterocycles. The van der Waals surface area contributed by atoms with Crippen LogP contribution in [-0.2, 0) is 6.54 Å². The highest BCUT2D eigenvalue weighted by atomic mass is 15.4. The summed E-state index contributed by atoms with van der Waals surface area (Å²) >= 11 is 0. The van der Waals surface area contributed by atoms with Gasteiger partial charge in [-0.15, -0.1) is 5.10 Å². The Morgan fingerprint density at radius 1 is 0.929 bits per heavy atom. The number of rotatable bonds is 5. The molecule has 4 heteroatoms. The normalized spacial score (nSPS) is 15.1. The van der Waals surface area contributed by atoms with Gasteiger partial charge in [0, 0.05) is 29.4 Å². The maximum atomic E-state index is 4.71. The van der Waals surface area contributed by atoms with Crippen LogP contribution in [0.25, 0.3) is 22.5 Å². The van der Waals surface area contributed by atoms with Gasteiger partial charge in [-0.1, -0.05) is 67.9 Å². The van der Waals surface area contributed by atoms with Gasteiger partial charge in [-0.2, -0.15) is 0 Å². The van der Waals surface area contributed by atoms with Crippen molar-refractivity contribution >= 4 is 5.69 Å². The zero-order valence-corrected chi connectivity index (χ0v) is 17.4. The van der Waals surface area contributed by atoms with Gasteiger partial charge in [-0.25, -0.2) is 4.68 Å². The number of fused-ring (bicyclic) bond motifs is 5. The Morgan fingerprint density at radius 3 is 2.39 bits per heavy atom. The van der Waals surface area contributed by atoms with E-state index in [1.807, 2.05) is 0 Å². The molecule has 1 aromatic heterocycles. The summed E-state index contributed by atoms with van der Waals surface area (Å²) in [5.74, 6) is 0. The number of anilines is 1. The molecule has 0 bridgehead atoms. The van der Waals surface area contributed by atoms with Crippen molar-refractivity contribution in [3.63, 3.8) is 0 Å². The predicted molar refractivity (Wildman–Crippen MR) is 116 cm³/mol. The Morgan fingerprint density at radius 2 is 1.64 bits per heavy atom. The van der Waals surface area contributed by atoms with Crippen molar-refractivity contribution in [1.82, 2.24) is 15.0 Å². The maximum absolute atomic E-state index is 4.71. The van der Waals surface area contributed by atoms with Crippen LogP contribution in [0.3, 0.4) is 0 Å². The summed E-state index contributed by atoms with van der Waals surface area (Å²) in [6.45, 7) is 9.94.